The summed E-state index contributed by atoms with van der Waals surface area (Å²) in [4.78, 5) is 13.8. The van der Waals surface area contributed by atoms with Crippen molar-refractivity contribution in [1.82, 2.24) is 4.90 Å². The first-order chi connectivity index (χ1) is 7.20. The minimum atomic E-state index is -0.118. The summed E-state index contributed by atoms with van der Waals surface area (Å²) in [6.07, 6.45) is 1.93. The third-order valence-corrected chi connectivity index (χ3v) is 3.40. The molecule has 15 heavy (non-hydrogen) atoms. The number of hydrogen-bond acceptors (Lipinski definition) is 2. The zero-order valence-corrected chi connectivity index (χ0v) is 10.3. The molecule has 2 saturated heterocycles. The van der Waals surface area contributed by atoms with Gasteiger partial charge in [-0.25, -0.2) is 0 Å². The Morgan fingerprint density at radius 2 is 1.87 bits per heavy atom. The van der Waals surface area contributed by atoms with Crippen LogP contribution in [0.2, 0.25) is 0 Å². The average Bonchev–Trinajstić information content (AvgIpc) is 2.48. The van der Waals surface area contributed by atoms with Gasteiger partial charge in [0.2, 0.25) is 0 Å². The molecule has 3 nitrogen and oxygen atoms in total. The van der Waals surface area contributed by atoms with Crippen molar-refractivity contribution in [1.29, 1.82) is 0 Å². The van der Waals surface area contributed by atoms with E-state index in [1.54, 1.807) is 0 Å². The Morgan fingerprint density at radius 3 is 2.20 bits per heavy atom. The van der Waals surface area contributed by atoms with E-state index in [0.717, 1.165) is 26.0 Å². The SMILES string of the molecule is CC.CC1CCN(C(=O)C2CCO2)C1C. The molecule has 0 aliphatic carbocycles. The smallest absolute Gasteiger partial charge is 0.252 e. The number of carbonyl (C=O) groups excluding carboxylic acids is 1. The Morgan fingerprint density at radius 1 is 1.27 bits per heavy atom. The lowest BCUT2D eigenvalue weighted by molar-refractivity contribution is -0.156. The Balaban J connectivity index is 0.000000531. The van der Waals surface area contributed by atoms with Crippen molar-refractivity contribution in [2.24, 2.45) is 5.92 Å². The molecular formula is C12H23NO2. The Labute approximate surface area is 92.8 Å². The van der Waals surface area contributed by atoms with Crippen molar-refractivity contribution in [3.63, 3.8) is 0 Å². The molecule has 0 aromatic carbocycles. The van der Waals surface area contributed by atoms with Crippen LogP contribution in [0.3, 0.4) is 0 Å². The van der Waals surface area contributed by atoms with Gasteiger partial charge in [0.15, 0.2) is 0 Å². The summed E-state index contributed by atoms with van der Waals surface area (Å²) in [5.41, 5.74) is 0. The first kappa shape index (κ1) is 12.5. The maximum Gasteiger partial charge on any atom is 0.252 e. The summed E-state index contributed by atoms with van der Waals surface area (Å²) in [6.45, 7) is 10.0. The highest BCUT2D eigenvalue weighted by molar-refractivity contribution is 5.82. The van der Waals surface area contributed by atoms with Crippen molar-refractivity contribution in [2.45, 2.75) is 52.7 Å². The zero-order chi connectivity index (χ0) is 11.4. The third-order valence-electron chi connectivity index (χ3n) is 3.40. The number of hydrogen-bond donors (Lipinski definition) is 0. The molecule has 0 N–H and O–H groups in total. The van der Waals surface area contributed by atoms with E-state index in [9.17, 15) is 4.79 Å². The maximum atomic E-state index is 11.8. The van der Waals surface area contributed by atoms with E-state index in [0.29, 0.717) is 12.0 Å². The van der Waals surface area contributed by atoms with Crippen LogP contribution in [-0.2, 0) is 9.53 Å². The molecule has 2 fully saturated rings. The molecule has 2 heterocycles. The third kappa shape index (κ3) is 2.51. The summed E-state index contributed by atoms with van der Waals surface area (Å²) in [6, 6.07) is 0.400. The monoisotopic (exact) mass is 213 g/mol. The summed E-state index contributed by atoms with van der Waals surface area (Å²) >= 11 is 0. The summed E-state index contributed by atoms with van der Waals surface area (Å²) < 4.78 is 5.20. The van der Waals surface area contributed by atoms with Gasteiger partial charge in [-0.15, -0.1) is 0 Å². The van der Waals surface area contributed by atoms with Gasteiger partial charge < -0.3 is 9.64 Å². The largest absolute Gasteiger partial charge is 0.368 e. The van der Waals surface area contributed by atoms with Gasteiger partial charge >= 0.3 is 0 Å². The van der Waals surface area contributed by atoms with Crippen LogP contribution in [0.15, 0.2) is 0 Å². The van der Waals surface area contributed by atoms with Crippen molar-refractivity contribution in [3.05, 3.63) is 0 Å². The van der Waals surface area contributed by atoms with Crippen LogP contribution in [0.5, 0.6) is 0 Å². The molecule has 88 valence electrons. The van der Waals surface area contributed by atoms with Crippen LogP contribution in [0.25, 0.3) is 0 Å². The molecule has 3 atom stereocenters. The number of carbonyl (C=O) groups is 1. The molecule has 3 unspecified atom stereocenters. The molecule has 0 saturated carbocycles. The zero-order valence-electron chi connectivity index (χ0n) is 10.3. The van der Waals surface area contributed by atoms with Gasteiger partial charge in [-0.1, -0.05) is 20.8 Å². The van der Waals surface area contributed by atoms with Crippen LogP contribution >= 0.6 is 0 Å². The Kier molecular flexibility index (Phi) is 4.58. The number of rotatable bonds is 1. The molecule has 0 bridgehead atoms. The molecule has 2 rings (SSSR count). The quantitative estimate of drug-likeness (QED) is 0.667. The second-order valence-corrected chi connectivity index (χ2v) is 4.19. The standard InChI is InChI=1S/C10H17NO2.C2H6/c1-7-3-5-11(8(7)2)10(12)9-4-6-13-9;1-2/h7-9H,3-6H2,1-2H3;1-2H3. The predicted molar refractivity (Wildman–Crippen MR) is 60.7 cm³/mol. The van der Waals surface area contributed by atoms with E-state index in [2.05, 4.69) is 13.8 Å². The molecule has 1 amide bonds. The van der Waals surface area contributed by atoms with E-state index < -0.39 is 0 Å². The van der Waals surface area contributed by atoms with Crippen LogP contribution in [0, 0.1) is 5.92 Å². The van der Waals surface area contributed by atoms with Gasteiger partial charge in [-0.05, 0) is 19.3 Å². The highest BCUT2D eigenvalue weighted by atomic mass is 16.5. The lowest BCUT2D eigenvalue weighted by atomic mass is 10.0. The predicted octanol–water partition coefficient (Wildman–Crippen LogP) is 2.06. The van der Waals surface area contributed by atoms with Crippen LogP contribution in [-0.4, -0.2) is 36.1 Å². The van der Waals surface area contributed by atoms with Crippen molar-refractivity contribution in [3.8, 4) is 0 Å². The van der Waals surface area contributed by atoms with E-state index >= 15 is 0 Å². The van der Waals surface area contributed by atoms with Gasteiger partial charge in [-0.3, -0.25) is 4.79 Å². The average molecular weight is 213 g/mol. The topological polar surface area (TPSA) is 29.5 Å². The minimum Gasteiger partial charge on any atom is -0.368 e. The van der Waals surface area contributed by atoms with Gasteiger partial charge in [0, 0.05) is 19.0 Å². The Hall–Kier alpha value is -0.570. The number of amides is 1. The number of nitrogens with zero attached hydrogens (tertiary/aromatic N) is 1. The minimum absolute atomic E-state index is 0.118. The normalized spacial score (nSPS) is 34.1. The fraction of sp³-hybridized carbons (Fsp3) is 0.917. The molecule has 0 aromatic rings. The van der Waals surface area contributed by atoms with Crippen molar-refractivity contribution in [2.75, 3.05) is 13.2 Å². The van der Waals surface area contributed by atoms with E-state index in [1.165, 1.54) is 0 Å². The summed E-state index contributed by atoms with van der Waals surface area (Å²) in [5, 5.41) is 0. The first-order valence-electron chi connectivity index (χ1n) is 6.12. The fourth-order valence-electron chi connectivity index (χ4n) is 2.02. The van der Waals surface area contributed by atoms with Gasteiger partial charge in [-0.2, -0.15) is 0 Å². The molecule has 2 aliphatic heterocycles. The van der Waals surface area contributed by atoms with E-state index in [1.807, 2.05) is 18.7 Å². The second-order valence-electron chi connectivity index (χ2n) is 4.19. The molecular weight excluding hydrogens is 190 g/mol. The lowest BCUT2D eigenvalue weighted by Gasteiger charge is -2.32. The maximum absolute atomic E-state index is 11.8. The van der Waals surface area contributed by atoms with E-state index in [-0.39, 0.29) is 12.0 Å². The number of ether oxygens (including phenoxy) is 1. The highest BCUT2D eigenvalue weighted by Crippen LogP contribution is 2.26. The Bertz CT molecular complexity index is 214. The fourth-order valence-corrected chi connectivity index (χ4v) is 2.02. The lowest BCUT2D eigenvalue weighted by Crippen LogP contribution is -2.47. The summed E-state index contributed by atoms with van der Waals surface area (Å²) in [7, 11) is 0. The second kappa shape index (κ2) is 5.50. The molecule has 3 heteroatoms. The van der Waals surface area contributed by atoms with E-state index in [4.69, 9.17) is 4.74 Å². The molecule has 2 aliphatic rings. The van der Waals surface area contributed by atoms with Crippen LogP contribution in [0.4, 0.5) is 0 Å². The highest BCUT2D eigenvalue weighted by Gasteiger charge is 2.37. The first-order valence-corrected chi connectivity index (χ1v) is 6.12. The van der Waals surface area contributed by atoms with Crippen LogP contribution < -0.4 is 0 Å². The van der Waals surface area contributed by atoms with Gasteiger partial charge in [0.05, 0.1) is 6.61 Å². The van der Waals surface area contributed by atoms with Gasteiger partial charge in [0.25, 0.3) is 5.91 Å². The number of likely N-dealkylation sites (tertiary alicyclic amines) is 1. The van der Waals surface area contributed by atoms with Crippen molar-refractivity contribution >= 4 is 5.91 Å². The molecule has 0 spiro atoms. The molecule has 0 aromatic heterocycles. The van der Waals surface area contributed by atoms with Gasteiger partial charge in [0.1, 0.15) is 6.10 Å². The summed E-state index contributed by atoms with van der Waals surface area (Å²) in [5.74, 6) is 0.854. The van der Waals surface area contributed by atoms with Crippen molar-refractivity contribution < 1.29 is 9.53 Å². The van der Waals surface area contributed by atoms with Crippen LogP contribution in [0.1, 0.15) is 40.5 Å². The molecule has 0 radical (unpaired) electrons.